The van der Waals surface area contributed by atoms with Crippen molar-refractivity contribution in [3.8, 4) is 0 Å². The van der Waals surface area contributed by atoms with E-state index in [0.29, 0.717) is 13.0 Å². The molecule has 142 valence electrons. The van der Waals surface area contributed by atoms with Crippen molar-refractivity contribution in [2.75, 3.05) is 26.2 Å². The highest BCUT2D eigenvalue weighted by molar-refractivity contribution is 5.75. The van der Waals surface area contributed by atoms with Crippen molar-refractivity contribution in [2.45, 2.75) is 51.5 Å². The number of benzene rings is 1. The van der Waals surface area contributed by atoms with Gasteiger partial charge in [0.1, 0.15) is 0 Å². The van der Waals surface area contributed by atoms with E-state index in [9.17, 15) is 9.59 Å². The molecule has 1 aliphatic heterocycles. The summed E-state index contributed by atoms with van der Waals surface area (Å²) in [6.07, 6.45) is 5.60. The van der Waals surface area contributed by atoms with Crippen molar-refractivity contribution in [2.24, 2.45) is 0 Å². The second kappa shape index (κ2) is 9.03. The summed E-state index contributed by atoms with van der Waals surface area (Å²) in [6.45, 7) is 5.42. The molecule has 0 saturated carbocycles. The maximum atomic E-state index is 12.3. The Morgan fingerprint density at radius 1 is 1.19 bits per heavy atom. The lowest BCUT2D eigenvalue weighted by Crippen LogP contribution is -2.37. The molecule has 1 aromatic carbocycles. The van der Waals surface area contributed by atoms with Gasteiger partial charge in [-0.2, -0.15) is 0 Å². The lowest BCUT2D eigenvalue weighted by molar-refractivity contribution is -0.143. The third-order valence-corrected chi connectivity index (χ3v) is 5.21. The Labute approximate surface area is 154 Å². The molecule has 1 aliphatic rings. The molecule has 0 bridgehead atoms. The van der Waals surface area contributed by atoms with Gasteiger partial charge in [0.05, 0.1) is 17.6 Å². The van der Waals surface area contributed by atoms with E-state index in [0.717, 1.165) is 62.8 Å². The second-order valence-corrected chi connectivity index (χ2v) is 7.01. The molecule has 6 heteroatoms. The van der Waals surface area contributed by atoms with E-state index >= 15 is 0 Å². The van der Waals surface area contributed by atoms with Gasteiger partial charge in [0.2, 0.25) is 0 Å². The molecule has 0 aliphatic carbocycles. The predicted molar refractivity (Wildman–Crippen MR) is 102 cm³/mol. The number of carbonyl (C=O) groups excluding carboxylic acids is 1. The maximum absolute atomic E-state index is 12.3. The number of carbonyl (C=O) groups is 1. The lowest BCUT2D eigenvalue weighted by Gasteiger charge is -2.32. The maximum Gasteiger partial charge on any atom is 0.326 e. The highest BCUT2D eigenvalue weighted by Gasteiger charge is 2.23. The van der Waals surface area contributed by atoms with Crippen molar-refractivity contribution in [3.63, 3.8) is 0 Å². The van der Waals surface area contributed by atoms with Crippen molar-refractivity contribution in [1.82, 2.24) is 14.5 Å². The topological polar surface area (TPSA) is 67.3 Å². The molecule has 6 nitrogen and oxygen atoms in total. The average molecular weight is 359 g/mol. The molecule has 0 unspecified atom stereocenters. The van der Waals surface area contributed by atoms with Crippen LogP contribution in [0.2, 0.25) is 0 Å². The van der Waals surface area contributed by atoms with Gasteiger partial charge in [-0.25, -0.2) is 4.79 Å². The average Bonchev–Trinajstić information content (AvgIpc) is 2.98. The van der Waals surface area contributed by atoms with E-state index in [4.69, 9.17) is 4.74 Å². The van der Waals surface area contributed by atoms with Crippen LogP contribution in [0.5, 0.6) is 0 Å². The number of nitrogens with zero attached hydrogens (tertiary/aromatic N) is 2. The number of imidazole rings is 1. The Kier molecular flexibility index (Phi) is 6.50. The summed E-state index contributed by atoms with van der Waals surface area (Å²) in [6, 6.07) is 8.19. The Bertz CT molecular complexity index is 772. The van der Waals surface area contributed by atoms with Gasteiger partial charge in [0.25, 0.3) is 0 Å². The van der Waals surface area contributed by atoms with Crippen molar-refractivity contribution >= 4 is 17.0 Å². The fourth-order valence-electron chi connectivity index (χ4n) is 3.85. The summed E-state index contributed by atoms with van der Waals surface area (Å²) < 4.78 is 6.88. The van der Waals surface area contributed by atoms with Crippen LogP contribution in [0, 0.1) is 0 Å². The van der Waals surface area contributed by atoms with Crippen LogP contribution in [0.25, 0.3) is 11.0 Å². The number of para-hydroxylation sites is 2. The molecule has 1 N–H and O–H groups in total. The first-order chi connectivity index (χ1) is 12.7. The summed E-state index contributed by atoms with van der Waals surface area (Å²) in [5, 5.41) is 0. The van der Waals surface area contributed by atoms with Gasteiger partial charge in [-0.15, -0.1) is 0 Å². The van der Waals surface area contributed by atoms with Crippen molar-refractivity contribution < 1.29 is 9.53 Å². The van der Waals surface area contributed by atoms with Crippen molar-refractivity contribution in [3.05, 3.63) is 34.7 Å². The quantitative estimate of drug-likeness (QED) is 0.581. The summed E-state index contributed by atoms with van der Waals surface area (Å²) in [7, 11) is 0. The molecule has 1 fully saturated rings. The molecule has 2 aromatic rings. The summed E-state index contributed by atoms with van der Waals surface area (Å²) in [5.41, 5.74) is 1.93. The number of aromatic nitrogens is 2. The first-order valence-electron chi connectivity index (χ1n) is 9.76. The number of fused-ring (bicyclic) bond motifs is 1. The van der Waals surface area contributed by atoms with Crippen molar-refractivity contribution in [1.29, 1.82) is 0 Å². The fraction of sp³-hybridized carbons (Fsp3) is 0.600. The number of H-pyrrole nitrogens is 1. The zero-order valence-corrected chi connectivity index (χ0v) is 15.6. The zero-order valence-electron chi connectivity index (χ0n) is 15.6. The fourth-order valence-corrected chi connectivity index (χ4v) is 3.85. The van der Waals surface area contributed by atoms with Gasteiger partial charge in [0.15, 0.2) is 0 Å². The number of aromatic amines is 1. The number of piperidine rings is 1. The molecule has 0 spiro atoms. The second-order valence-electron chi connectivity index (χ2n) is 7.01. The van der Waals surface area contributed by atoms with Gasteiger partial charge in [-0.3, -0.25) is 9.36 Å². The number of esters is 1. The molecule has 1 aromatic heterocycles. The lowest BCUT2D eigenvalue weighted by atomic mass is 10.0. The summed E-state index contributed by atoms with van der Waals surface area (Å²) >= 11 is 0. The highest BCUT2D eigenvalue weighted by Crippen LogP contribution is 2.25. The van der Waals surface area contributed by atoms with Crippen LogP contribution in [0.4, 0.5) is 0 Å². The number of nitrogens with one attached hydrogen (secondary N) is 1. The number of ether oxygens (including phenoxy) is 1. The largest absolute Gasteiger partial charge is 0.466 e. The SMILES string of the molecule is CCOC(=O)CCCCCN1CCC(n2c(=O)[nH]c3ccccc32)CC1. The number of hydrogen-bond acceptors (Lipinski definition) is 4. The minimum absolute atomic E-state index is 0.00335. The molecule has 3 rings (SSSR count). The number of hydrogen-bond donors (Lipinski definition) is 1. The number of rotatable bonds is 8. The molecule has 0 atom stereocenters. The molecule has 1 saturated heterocycles. The van der Waals surface area contributed by atoms with Crippen LogP contribution in [-0.2, 0) is 9.53 Å². The highest BCUT2D eigenvalue weighted by atomic mass is 16.5. The standard InChI is InChI=1S/C20H29N3O3/c1-2-26-19(24)10-4-3-7-13-22-14-11-16(12-15-22)23-18-9-6-5-8-17(18)21-20(23)25/h5-6,8-9,16H,2-4,7,10-15H2,1H3,(H,21,25). The van der Waals surface area contributed by atoms with Crippen LogP contribution in [0.15, 0.2) is 29.1 Å². The van der Waals surface area contributed by atoms with Crippen LogP contribution in [0.1, 0.15) is 51.5 Å². The Hall–Kier alpha value is -2.08. The van der Waals surface area contributed by atoms with Crippen LogP contribution >= 0.6 is 0 Å². The van der Waals surface area contributed by atoms with Gasteiger partial charge in [-0.05, 0) is 51.3 Å². The molecular formula is C20H29N3O3. The normalized spacial score (nSPS) is 16.2. The summed E-state index contributed by atoms with van der Waals surface area (Å²) in [5.74, 6) is -0.0857. The summed E-state index contributed by atoms with van der Waals surface area (Å²) in [4.78, 5) is 29.1. The Balaban J connectivity index is 1.42. The molecule has 2 heterocycles. The first kappa shape index (κ1) is 18.7. The number of unbranched alkanes of at least 4 members (excludes halogenated alkanes) is 2. The molecule has 0 amide bonds. The van der Waals surface area contributed by atoms with E-state index < -0.39 is 0 Å². The molecule has 26 heavy (non-hydrogen) atoms. The number of likely N-dealkylation sites (tertiary alicyclic amines) is 1. The Morgan fingerprint density at radius 3 is 2.73 bits per heavy atom. The third-order valence-electron chi connectivity index (χ3n) is 5.21. The smallest absolute Gasteiger partial charge is 0.326 e. The third kappa shape index (κ3) is 4.55. The first-order valence-corrected chi connectivity index (χ1v) is 9.76. The van der Waals surface area contributed by atoms with Gasteiger partial charge in [0, 0.05) is 25.6 Å². The van der Waals surface area contributed by atoms with Gasteiger partial charge >= 0.3 is 11.7 Å². The van der Waals surface area contributed by atoms with E-state index in [1.165, 1.54) is 0 Å². The minimum atomic E-state index is -0.0857. The Morgan fingerprint density at radius 2 is 1.96 bits per heavy atom. The van der Waals surface area contributed by atoms with Gasteiger partial charge < -0.3 is 14.6 Å². The molecule has 0 radical (unpaired) electrons. The van der Waals surface area contributed by atoms with E-state index in [1.54, 1.807) is 0 Å². The van der Waals surface area contributed by atoms with Crippen LogP contribution < -0.4 is 5.69 Å². The van der Waals surface area contributed by atoms with Crippen LogP contribution in [0.3, 0.4) is 0 Å². The van der Waals surface area contributed by atoms with Gasteiger partial charge in [-0.1, -0.05) is 18.6 Å². The monoisotopic (exact) mass is 359 g/mol. The zero-order chi connectivity index (χ0) is 18.4. The van der Waals surface area contributed by atoms with E-state index in [-0.39, 0.29) is 17.7 Å². The van der Waals surface area contributed by atoms with E-state index in [1.807, 2.05) is 35.8 Å². The van der Waals surface area contributed by atoms with E-state index in [2.05, 4.69) is 9.88 Å². The predicted octanol–water partition coefficient (Wildman–Crippen LogP) is 3.09. The molecular weight excluding hydrogens is 330 g/mol. The van der Waals surface area contributed by atoms with Crippen LogP contribution in [-0.4, -0.2) is 46.7 Å². The minimum Gasteiger partial charge on any atom is -0.466 e.